The van der Waals surface area contributed by atoms with E-state index in [4.69, 9.17) is 28.2 Å². The Kier molecular flexibility index (Phi) is 8.20. The van der Waals surface area contributed by atoms with E-state index in [1.165, 1.54) is 6.92 Å². The third-order valence-corrected chi connectivity index (χ3v) is 7.87. The molecule has 0 N–H and O–H groups in total. The lowest BCUT2D eigenvalue weighted by atomic mass is 9.67. The molecule has 1 fully saturated rings. The third-order valence-electron chi connectivity index (χ3n) is 7.38. The van der Waals surface area contributed by atoms with E-state index in [0.717, 1.165) is 11.1 Å². The van der Waals surface area contributed by atoms with Gasteiger partial charge in [-0.05, 0) is 66.8 Å². The zero-order chi connectivity index (χ0) is 26.7. The van der Waals surface area contributed by atoms with Crippen molar-refractivity contribution in [1.29, 1.82) is 0 Å². The van der Waals surface area contributed by atoms with Gasteiger partial charge in [0.25, 0.3) is 0 Å². The average molecular weight is 536 g/mol. The van der Waals surface area contributed by atoms with Crippen molar-refractivity contribution >= 4 is 34.9 Å². The molecule has 0 unspecified atom stereocenters. The van der Waals surface area contributed by atoms with Crippen LogP contribution in [-0.2, 0) is 4.79 Å². The van der Waals surface area contributed by atoms with Crippen LogP contribution in [0, 0.1) is 5.41 Å². The first kappa shape index (κ1) is 27.1. The van der Waals surface area contributed by atoms with Gasteiger partial charge >= 0.3 is 0 Å². The first-order chi connectivity index (χ1) is 17.7. The molecule has 0 aliphatic carbocycles. The van der Waals surface area contributed by atoms with E-state index < -0.39 is 5.41 Å². The van der Waals surface area contributed by atoms with E-state index in [1.807, 2.05) is 79.4 Å². The summed E-state index contributed by atoms with van der Waals surface area (Å²) in [6.45, 7) is 9.53. The molecule has 2 heterocycles. The number of rotatable bonds is 8. The molecule has 3 aromatic rings. The fourth-order valence-corrected chi connectivity index (χ4v) is 5.94. The maximum atomic E-state index is 14.5. The Balaban J connectivity index is 1.96. The lowest BCUT2D eigenvalue weighted by Crippen LogP contribution is -2.53. The van der Waals surface area contributed by atoms with Crippen LogP contribution in [0.3, 0.4) is 0 Å². The highest BCUT2D eigenvalue weighted by atomic mass is 35.5. The van der Waals surface area contributed by atoms with E-state index in [2.05, 4.69) is 12.6 Å². The van der Waals surface area contributed by atoms with Gasteiger partial charge in [0, 0.05) is 22.9 Å². The number of halogens is 2. The summed E-state index contributed by atoms with van der Waals surface area (Å²) in [6.07, 6.45) is 3.64. The van der Waals surface area contributed by atoms with Crippen LogP contribution < -0.4 is 0 Å². The molecule has 0 radical (unpaired) electrons. The molecule has 1 aliphatic rings. The van der Waals surface area contributed by atoms with Crippen LogP contribution in [0.25, 0.3) is 0 Å². The summed E-state index contributed by atoms with van der Waals surface area (Å²) >= 11 is 12.7. The minimum Gasteiger partial charge on any atom is -0.326 e. The van der Waals surface area contributed by atoms with Gasteiger partial charge in [-0.1, -0.05) is 73.5 Å². The fourth-order valence-electron chi connectivity index (χ4n) is 5.61. The summed E-state index contributed by atoms with van der Waals surface area (Å²) in [5.41, 5.74) is 2.49. The second-order valence-corrected chi connectivity index (χ2v) is 10.9. The number of ketones is 1. The van der Waals surface area contributed by atoms with Crippen LogP contribution in [0.1, 0.15) is 85.3 Å². The van der Waals surface area contributed by atoms with Gasteiger partial charge in [-0.3, -0.25) is 9.59 Å². The number of likely N-dealkylation sites (tertiary alicyclic amines) is 1. The summed E-state index contributed by atoms with van der Waals surface area (Å²) in [4.78, 5) is 33.3. The van der Waals surface area contributed by atoms with Gasteiger partial charge in [-0.15, -0.1) is 6.58 Å². The van der Waals surface area contributed by atoms with Gasteiger partial charge in [0.05, 0.1) is 23.2 Å². The highest BCUT2D eigenvalue weighted by molar-refractivity contribution is 6.30. The molecular formula is C31H32Cl2N2O2. The molecule has 4 rings (SSSR count). The molecule has 37 heavy (non-hydrogen) atoms. The summed E-state index contributed by atoms with van der Waals surface area (Å²) < 4.78 is 0. The van der Waals surface area contributed by atoms with Gasteiger partial charge in [0.2, 0.25) is 5.91 Å². The highest BCUT2D eigenvalue weighted by Crippen LogP contribution is 2.54. The Labute approximate surface area is 229 Å². The van der Waals surface area contributed by atoms with Crippen LogP contribution in [0.2, 0.25) is 10.0 Å². The van der Waals surface area contributed by atoms with Crippen molar-refractivity contribution in [2.45, 2.75) is 58.0 Å². The second-order valence-electron chi connectivity index (χ2n) is 10.1. The Morgan fingerprint density at radius 2 is 1.81 bits per heavy atom. The molecule has 6 heteroatoms. The molecule has 2 aromatic carbocycles. The van der Waals surface area contributed by atoms with Crippen LogP contribution in [0.15, 0.2) is 79.4 Å². The molecule has 4 nitrogen and oxygen atoms in total. The van der Waals surface area contributed by atoms with Crippen LogP contribution in [0.5, 0.6) is 0 Å². The summed E-state index contributed by atoms with van der Waals surface area (Å²) in [7, 11) is 0. The van der Waals surface area contributed by atoms with Crippen LogP contribution in [-0.4, -0.2) is 21.6 Å². The van der Waals surface area contributed by atoms with Crippen molar-refractivity contribution in [3.8, 4) is 0 Å². The largest absolute Gasteiger partial charge is 0.326 e. The number of nitrogens with zero attached hydrogens (tertiary/aromatic N) is 2. The first-order valence-corrected chi connectivity index (χ1v) is 13.4. The second kappa shape index (κ2) is 11.2. The standard InChI is InChI=1S/C31H32Cl2N2O2/c1-5-17-31(4)19-25(22-9-7-10-24(33)18-22)29(21-13-15-23(32)16-14-21)35(30(31)37)28(6-2)27-12-8-11-26(34-27)20(3)36/h5,7-16,18,25,28-29H,1,6,17,19H2,2-4H3/t25-,28+,29-,31+/m1/s1. The van der Waals surface area contributed by atoms with Gasteiger partial charge < -0.3 is 4.90 Å². The molecule has 0 saturated carbocycles. The highest BCUT2D eigenvalue weighted by Gasteiger charge is 2.51. The molecule has 1 aromatic heterocycles. The maximum absolute atomic E-state index is 14.5. The predicted molar refractivity (Wildman–Crippen MR) is 150 cm³/mol. The first-order valence-electron chi connectivity index (χ1n) is 12.6. The number of amides is 1. The molecule has 1 saturated heterocycles. The number of piperidine rings is 1. The third kappa shape index (κ3) is 5.51. The maximum Gasteiger partial charge on any atom is 0.229 e. The lowest BCUT2D eigenvalue weighted by Gasteiger charge is -2.52. The number of pyridine rings is 1. The predicted octanol–water partition coefficient (Wildman–Crippen LogP) is 8.38. The number of hydrogen-bond acceptors (Lipinski definition) is 3. The zero-order valence-corrected chi connectivity index (χ0v) is 23.0. The Morgan fingerprint density at radius 3 is 2.43 bits per heavy atom. The summed E-state index contributed by atoms with van der Waals surface area (Å²) in [6, 6.07) is 20.4. The van der Waals surface area contributed by atoms with Gasteiger partial charge in [-0.25, -0.2) is 4.98 Å². The Bertz CT molecular complexity index is 1310. The van der Waals surface area contributed by atoms with Crippen molar-refractivity contribution in [2.75, 3.05) is 0 Å². The Hall–Kier alpha value is -2.95. The van der Waals surface area contributed by atoms with Crippen molar-refractivity contribution < 1.29 is 9.59 Å². The topological polar surface area (TPSA) is 50.3 Å². The fraction of sp³-hybridized carbons (Fsp3) is 0.323. The van der Waals surface area contributed by atoms with Gasteiger partial charge in [0.1, 0.15) is 5.69 Å². The molecule has 0 spiro atoms. The number of Topliss-reactive ketones (excluding diaryl/α,β-unsaturated/α-hetero) is 1. The van der Waals surface area contributed by atoms with E-state index in [9.17, 15) is 9.59 Å². The molecule has 1 amide bonds. The number of carbonyl (C=O) groups is 2. The molecule has 192 valence electrons. The minimum atomic E-state index is -0.663. The van der Waals surface area contributed by atoms with E-state index in [0.29, 0.717) is 40.7 Å². The number of hydrogen-bond donors (Lipinski definition) is 0. The quantitative estimate of drug-likeness (QED) is 0.215. The van der Waals surface area contributed by atoms with E-state index in [1.54, 1.807) is 6.07 Å². The van der Waals surface area contributed by atoms with Gasteiger partial charge in [0.15, 0.2) is 5.78 Å². The molecular weight excluding hydrogens is 503 g/mol. The lowest BCUT2D eigenvalue weighted by molar-refractivity contribution is -0.155. The SMILES string of the molecule is C=CC[C@@]1(C)C[C@H](c2cccc(Cl)c2)[C@@H](c2ccc(Cl)cc2)N([C@@H](CC)c2cccc(C(C)=O)n2)C1=O. The van der Waals surface area contributed by atoms with Crippen molar-refractivity contribution in [2.24, 2.45) is 5.41 Å². The van der Waals surface area contributed by atoms with Crippen LogP contribution >= 0.6 is 23.2 Å². The van der Waals surface area contributed by atoms with E-state index >= 15 is 0 Å². The number of carbonyl (C=O) groups excluding carboxylic acids is 2. The monoisotopic (exact) mass is 534 g/mol. The molecule has 4 atom stereocenters. The smallest absolute Gasteiger partial charge is 0.229 e. The molecule has 1 aliphatic heterocycles. The van der Waals surface area contributed by atoms with Crippen molar-refractivity contribution in [3.63, 3.8) is 0 Å². The number of aromatic nitrogens is 1. The van der Waals surface area contributed by atoms with Gasteiger partial charge in [-0.2, -0.15) is 0 Å². The van der Waals surface area contributed by atoms with Crippen molar-refractivity contribution in [3.05, 3.63) is 112 Å². The molecule has 0 bridgehead atoms. The minimum absolute atomic E-state index is 0.0347. The van der Waals surface area contributed by atoms with E-state index in [-0.39, 0.29) is 29.7 Å². The normalized spacial score (nSPS) is 22.5. The number of allylic oxidation sites excluding steroid dienone is 1. The summed E-state index contributed by atoms with van der Waals surface area (Å²) in [5.74, 6) is -0.0932. The van der Waals surface area contributed by atoms with Crippen LogP contribution in [0.4, 0.5) is 0 Å². The number of benzene rings is 2. The Morgan fingerprint density at radius 1 is 1.11 bits per heavy atom. The van der Waals surface area contributed by atoms with Crippen molar-refractivity contribution in [1.82, 2.24) is 9.88 Å². The zero-order valence-electron chi connectivity index (χ0n) is 21.5. The summed E-state index contributed by atoms with van der Waals surface area (Å²) in [5, 5.41) is 1.29. The average Bonchev–Trinajstić information content (AvgIpc) is 2.88.